The topological polar surface area (TPSA) is 30.5 Å². The van der Waals surface area contributed by atoms with Crippen LogP contribution in [0.15, 0.2) is 0 Å². The van der Waals surface area contributed by atoms with Gasteiger partial charge in [-0.2, -0.15) is 0 Å². The molecule has 1 atom stereocenters. The summed E-state index contributed by atoms with van der Waals surface area (Å²) in [7, 11) is 1.72. The number of nitrogens with one attached hydrogen (secondary N) is 1. The Morgan fingerprint density at radius 3 is 2.53 bits per heavy atom. The quantitative estimate of drug-likeness (QED) is 0.652. The molecule has 3 heteroatoms. The van der Waals surface area contributed by atoms with Crippen molar-refractivity contribution in [2.45, 2.75) is 63.8 Å². The lowest BCUT2D eigenvalue weighted by Crippen LogP contribution is -2.54. The predicted octanol–water partition coefficient (Wildman–Crippen LogP) is 3.13. The molecule has 0 heterocycles. The van der Waals surface area contributed by atoms with Crippen molar-refractivity contribution < 1.29 is 9.47 Å². The van der Waals surface area contributed by atoms with Crippen LogP contribution in [0.2, 0.25) is 0 Å². The number of rotatable bonds is 9. The summed E-state index contributed by atoms with van der Waals surface area (Å²) in [5, 5.41) is 3.80. The van der Waals surface area contributed by atoms with E-state index in [9.17, 15) is 0 Å². The minimum Gasteiger partial charge on any atom is -0.382 e. The van der Waals surface area contributed by atoms with Crippen LogP contribution in [0.1, 0.15) is 57.8 Å². The molecule has 3 nitrogen and oxygen atoms in total. The third-order valence-electron chi connectivity index (χ3n) is 5.06. The van der Waals surface area contributed by atoms with Crippen LogP contribution in [0.4, 0.5) is 0 Å². The molecule has 0 aromatic rings. The highest BCUT2D eigenvalue weighted by Gasteiger charge is 2.46. The Bertz CT molecular complexity index is 239. The second-order valence-corrected chi connectivity index (χ2v) is 6.28. The van der Waals surface area contributed by atoms with Crippen LogP contribution in [0.25, 0.3) is 0 Å². The molecule has 19 heavy (non-hydrogen) atoms. The van der Waals surface area contributed by atoms with Crippen LogP contribution >= 0.6 is 0 Å². The summed E-state index contributed by atoms with van der Waals surface area (Å²) >= 11 is 0. The molecule has 0 bridgehead atoms. The lowest BCUT2D eigenvalue weighted by Gasteiger charge is -2.52. The highest BCUT2D eigenvalue weighted by atomic mass is 16.5. The van der Waals surface area contributed by atoms with Crippen LogP contribution in [0, 0.1) is 5.41 Å². The molecule has 2 aliphatic carbocycles. The van der Waals surface area contributed by atoms with Gasteiger partial charge in [0.2, 0.25) is 0 Å². The largest absolute Gasteiger partial charge is 0.382 e. The SMILES string of the molecule is COCCOCCCCNC1CCC12CCCCC2. The summed E-state index contributed by atoms with van der Waals surface area (Å²) in [5.74, 6) is 0. The van der Waals surface area contributed by atoms with E-state index in [0.29, 0.717) is 12.0 Å². The molecule has 2 fully saturated rings. The van der Waals surface area contributed by atoms with E-state index in [-0.39, 0.29) is 0 Å². The monoisotopic (exact) mass is 269 g/mol. The van der Waals surface area contributed by atoms with Gasteiger partial charge < -0.3 is 14.8 Å². The normalized spacial score (nSPS) is 25.4. The Hall–Kier alpha value is -0.120. The zero-order chi connectivity index (χ0) is 13.4. The molecule has 2 aliphatic rings. The molecule has 0 aliphatic heterocycles. The summed E-state index contributed by atoms with van der Waals surface area (Å²) in [6, 6.07) is 0.821. The summed E-state index contributed by atoms with van der Waals surface area (Å²) in [4.78, 5) is 0. The summed E-state index contributed by atoms with van der Waals surface area (Å²) in [6.45, 7) is 3.49. The van der Waals surface area contributed by atoms with Crippen molar-refractivity contribution >= 4 is 0 Å². The van der Waals surface area contributed by atoms with Crippen LogP contribution in [0.5, 0.6) is 0 Å². The predicted molar refractivity (Wildman–Crippen MR) is 78.5 cm³/mol. The Labute approximate surface area is 118 Å². The Morgan fingerprint density at radius 2 is 1.84 bits per heavy atom. The number of hydrogen-bond acceptors (Lipinski definition) is 3. The van der Waals surface area contributed by atoms with Gasteiger partial charge in [0.25, 0.3) is 0 Å². The number of hydrogen-bond donors (Lipinski definition) is 1. The van der Waals surface area contributed by atoms with Crippen LogP contribution in [0.3, 0.4) is 0 Å². The maximum atomic E-state index is 5.48. The van der Waals surface area contributed by atoms with E-state index in [2.05, 4.69) is 5.32 Å². The maximum absolute atomic E-state index is 5.48. The van der Waals surface area contributed by atoms with Gasteiger partial charge in [0.15, 0.2) is 0 Å². The van der Waals surface area contributed by atoms with Crippen molar-refractivity contribution in [3.05, 3.63) is 0 Å². The summed E-state index contributed by atoms with van der Waals surface area (Å²) in [5.41, 5.74) is 0.702. The molecular weight excluding hydrogens is 238 g/mol. The van der Waals surface area contributed by atoms with Gasteiger partial charge in [-0.05, 0) is 50.5 Å². The van der Waals surface area contributed by atoms with E-state index in [1.54, 1.807) is 7.11 Å². The third kappa shape index (κ3) is 4.44. The van der Waals surface area contributed by atoms with Crippen molar-refractivity contribution in [2.75, 3.05) is 33.5 Å². The number of unbranched alkanes of at least 4 members (excludes halogenated alkanes) is 1. The van der Waals surface area contributed by atoms with E-state index < -0.39 is 0 Å². The molecule has 0 saturated heterocycles. The molecule has 0 radical (unpaired) electrons. The fourth-order valence-corrected chi connectivity index (χ4v) is 3.72. The van der Waals surface area contributed by atoms with Crippen molar-refractivity contribution in [2.24, 2.45) is 5.41 Å². The Morgan fingerprint density at radius 1 is 1.00 bits per heavy atom. The van der Waals surface area contributed by atoms with Crippen LogP contribution < -0.4 is 5.32 Å². The van der Waals surface area contributed by atoms with Gasteiger partial charge in [0, 0.05) is 19.8 Å². The first-order valence-electron chi connectivity index (χ1n) is 8.17. The van der Waals surface area contributed by atoms with E-state index in [1.165, 1.54) is 57.9 Å². The van der Waals surface area contributed by atoms with Crippen LogP contribution in [-0.2, 0) is 9.47 Å². The average molecular weight is 269 g/mol. The average Bonchev–Trinajstić information content (AvgIpc) is 2.45. The molecule has 1 unspecified atom stereocenters. The standard InChI is InChI=1S/C16H31NO2/c1-18-13-14-19-12-6-5-11-17-15-7-10-16(15)8-3-2-4-9-16/h15,17H,2-14H2,1H3. The summed E-state index contributed by atoms with van der Waals surface area (Å²) < 4.78 is 10.4. The molecule has 0 aromatic heterocycles. The van der Waals surface area contributed by atoms with Crippen LogP contribution in [-0.4, -0.2) is 39.5 Å². The Kier molecular flexibility index (Phi) is 6.62. The number of methoxy groups -OCH3 is 1. The maximum Gasteiger partial charge on any atom is 0.0700 e. The molecule has 112 valence electrons. The molecule has 0 aromatic carbocycles. The fourth-order valence-electron chi connectivity index (χ4n) is 3.72. The molecule has 1 N–H and O–H groups in total. The third-order valence-corrected chi connectivity index (χ3v) is 5.06. The zero-order valence-corrected chi connectivity index (χ0v) is 12.6. The highest BCUT2D eigenvalue weighted by Crippen LogP contribution is 2.51. The minimum atomic E-state index is 0.702. The first-order chi connectivity index (χ1) is 9.37. The first kappa shape index (κ1) is 15.3. The smallest absolute Gasteiger partial charge is 0.0700 e. The fraction of sp³-hybridized carbons (Fsp3) is 1.00. The van der Waals surface area contributed by atoms with Gasteiger partial charge >= 0.3 is 0 Å². The second kappa shape index (κ2) is 8.23. The van der Waals surface area contributed by atoms with Gasteiger partial charge in [0.1, 0.15) is 0 Å². The van der Waals surface area contributed by atoms with E-state index in [1.807, 2.05) is 0 Å². The van der Waals surface area contributed by atoms with E-state index >= 15 is 0 Å². The van der Waals surface area contributed by atoms with Gasteiger partial charge in [-0.1, -0.05) is 19.3 Å². The van der Waals surface area contributed by atoms with Crippen molar-refractivity contribution in [1.29, 1.82) is 0 Å². The Balaban J connectivity index is 1.47. The molecular formula is C16H31NO2. The molecule has 0 amide bonds. The molecule has 2 saturated carbocycles. The van der Waals surface area contributed by atoms with Crippen molar-refractivity contribution in [1.82, 2.24) is 5.32 Å². The zero-order valence-electron chi connectivity index (χ0n) is 12.6. The number of ether oxygens (including phenoxy) is 2. The minimum absolute atomic E-state index is 0.702. The van der Waals surface area contributed by atoms with Crippen molar-refractivity contribution in [3.8, 4) is 0 Å². The molecule has 2 rings (SSSR count). The van der Waals surface area contributed by atoms with E-state index in [4.69, 9.17) is 9.47 Å². The van der Waals surface area contributed by atoms with E-state index in [0.717, 1.165) is 25.7 Å². The second-order valence-electron chi connectivity index (χ2n) is 6.28. The molecule has 1 spiro atoms. The summed E-state index contributed by atoms with van der Waals surface area (Å²) in [6.07, 6.45) is 12.6. The lowest BCUT2D eigenvalue weighted by molar-refractivity contribution is 0.0225. The van der Waals surface area contributed by atoms with Gasteiger partial charge in [0.05, 0.1) is 13.2 Å². The first-order valence-corrected chi connectivity index (χ1v) is 8.17. The highest BCUT2D eigenvalue weighted by molar-refractivity contribution is 5.01. The van der Waals surface area contributed by atoms with Gasteiger partial charge in [-0.25, -0.2) is 0 Å². The van der Waals surface area contributed by atoms with Gasteiger partial charge in [-0.3, -0.25) is 0 Å². The lowest BCUT2D eigenvalue weighted by atomic mass is 9.57. The van der Waals surface area contributed by atoms with Gasteiger partial charge in [-0.15, -0.1) is 0 Å². The van der Waals surface area contributed by atoms with Crippen molar-refractivity contribution in [3.63, 3.8) is 0 Å².